The third-order valence-electron chi connectivity index (χ3n) is 1.84. The van der Waals surface area contributed by atoms with Crippen molar-refractivity contribution in [2.24, 2.45) is 10.1 Å². The van der Waals surface area contributed by atoms with Crippen molar-refractivity contribution >= 4 is 17.1 Å². The van der Waals surface area contributed by atoms with Crippen LogP contribution in [0.15, 0.2) is 34.4 Å². The largest absolute Gasteiger partial charge is 0.506 e. The summed E-state index contributed by atoms with van der Waals surface area (Å²) >= 11 is 0. The van der Waals surface area contributed by atoms with Gasteiger partial charge >= 0.3 is 0 Å². The first kappa shape index (κ1) is 10.2. The lowest BCUT2D eigenvalue weighted by atomic mass is 10.2. The zero-order valence-electron chi connectivity index (χ0n) is 8.10. The highest BCUT2D eigenvalue weighted by atomic mass is 16.4. The molecule has 0 aliphatic rings. The molecule has 0 bridgehead atoms. The minimum atomic E-state index is 0.109. The van der Waals surface area contributed by atoms with E-state index in [1.807, 2.05) is 0 Å². The number of para-hydroxylation sites is 2. The van der Waals surface area contributed by atoms with E-state index in [-0.39, 0.29) is 5.75 Å². The Kier molecular flexibility index (Phi) is 3.23. The van der Waals surface area contributed by atoms with E-state index in [1.54, 1.807) is 38.1 Å². The van der Waals surface area contributed by atoms with E-state index >= 15 is 0 Å². The van der Waals surface area contributed by atoms with E-state index < -0.39 is 0 Å². The first-order valence-corrected chi connectivity index (χ1v) is 4.17. The number of phenolic OH excluding ortho intramolecular Hbond substituents is 1. The number of benzene rings is 1. The Morgan fingerprint density at radius 1 is 1.14 bits per heavy atom. The molecule has 0 aliphatic heterocycles. The standard InChI is InChI=1S/C10H12N2O2/c1-7(8(2)12-14)11-9-5-3-4-6-10(9)13/h3-6,13-14H,1-2H3/b11-7?,12-8-. The summed E-state index contributed by atoms with van der Waals surface area (Å²) in [6, 6.07) is 6.73. The predicted octanol–water partition coefficient (Wildman–Crippen LogP) is 2.33. The summed E-state index contributed by atoms with van der Waals surface area (Å²) in [7, 11) is 0. The Morgan fingerprint density at radius 2 is 1.79 bits per heavy atom. The highest BCUT2D eigenvalue weighted by molar-refractivity contribution is 6.40. The Balaban J connectivity index is 3.04. The number of aliphatic imine (C=N–C) groups is 1. The van der Waals surface area contributed by atoms with Crippen molar-refractivity contribution in [1.82, 2.24) is 0 Å². The van der Waals surface area contributed by atoms with Crippen LogP contribution in [0.1, 0.15) is 13.8 Å². The van der Waals surface area contributed by atoms with Gasteiger partial charge in [0.25, 0.3) is 0 Å². The lowest BCUT2D eigenvalue weighted by molar-refractivity contribution is 0.320. The summed E-state index contributed by atoms with van der Waals surface area (Å²) in [5, 5.41) is 20.9. The average molecular weight is 192 g/mol. The van der Waals surface area contributed by atoms with Crippen molar-refractivity contribution in [1.29, 1.82) is 0 Å². The molecule has 0 saturated carbocycles. The van der Waals surface area contributed by atoms with Crippen LogP contribution in [0.25, 0.3) is 0 Å². The molecule has 14 heavy (non-hydrogen) atoms. The molecule has 0 amide bonds. The van der Waals surface area contributed by atoms with Gasteiger partial charge in [0, 0.05) is 0 Å². The van der Waals surface area contributed by atoms with Crippen molar-refractivity contribution in [2.75, 3.05) is 0 Å². The summed E-state index contributed by atoms with van der Waals surface area (Å²) in [4.78, 5) is 4.11. The first-order valence-electron chi connectivity index (χ1n) is 4.17. The number of phenols is 1. The summed E-state index contributed by atoms with van der Waals surface area (Å²) in [5.74, 6) is 0.109. The summed E-state index contributed by atoms with van der Waals surface area (Å²) in [6.45, 7) is 3.35. The zero-order valence-corrected chi connectivity index (χ0v) is 8.10. The number of oxime groups is 1. The van der Waals surface area contributed by atoms with Crippen molar-refractivity contribution in [3.8, 4) is 5.75 Å². The summed E-state index contributed by atoms with van der Waals surface area (Å²) in [6.07, 6.45) is 0. The van der Waals surface area contributed by atoms with E-state index in [4.69, 9.17) is 5.21 Å². The number of hydrogen-bond acceptors (Lipinski definition) is 4. The van der Waals surface area contributed by atoms with Gasteiger partial charge in [0.1, 0.15) is 11.4 Å². The van der Waals surface area contributed by atoms with Gasteiger partial charge < -0.3 is 10.3 Å². The maximum absolute atomic E-state index is 9.40. The van der Waals surface area contributed by atoms with Gasteiger partial charge in [0.05, 0.1) is 11.4 Å². The number of hydrogen-bond donors (Lipinski definition) is 2. The smallest absolute Gasteiger partial charge is 0.141 e. The highest BCUT2D eigenvalue weighted by Crippen LogP contribution is 2.24. The van der Waals surface area contributed by atoms with Crippen molar-refractivity contribution in [3.05, 3.63) is 24.3 Å². The molecule has 0 spiro atoms. The van der Waals surface area contributed by atoms with Gasteiger partial charge in [0.2, 0.25) is 0 Å². The molecule has 0 radical (unpaired) electrons. The maximum atomic E-state index is 9.40. The second-order valence-electron chi connectivity index (χ2n) is 2.87. The quantitative estimate of drug-likeness (QED) is 0.429. The second kappa shape index (κ2) is 4.41. The first-order chi connectivity index (χ1) is 6.65. The van der Waals surface area contributed by atoms with Gasteiger partial charge in [-0.2, -0.15) is 0 Å². The fourth-order valence-corrected chi connectivity index (χ4v) is 0.893. The molecule has 4 heteroatoms. The van der Waals surface area contributed by atoms with E-state index in [1.165, 1.54) is 0 Å². The number of aromatic hydroxyl groups is 1. The fourth-order valence-electron chi connectivity index (χ4n) is 0.893. The molecule has 0 aliphatic carbocycles. The van der Waals surface area contributed by atoms with Crippen LogP contribution in [-0.2, 0) is 0 Å². The monoisotopic (exact) mass is 192 g/mol. The van der Waals surface area contributed by atoms with Crippen molar-refractivity contribution in [2.45, 2.75) is 13.8 Å². The molecular weight excluding hydrogens is 180 g/mol. The minimum Gasteiger partial charge on any atom is -0.506 e. The van der Waals surface area contributed by atoms with E-state index in [0.29, 0.717) is 17.1 Å². The molecule has 0 fully saturated rings. The number of rotatable bonds is 2. The van der Waals surface area contributed by atoms with Crippen molar-refractivity contribution in [3.63, 3.8) is 0 Å². The highest BCUT2D eigenvalue weighted by Gasteiger charge is 2.00. The molecule has 0 unspecified atom stereocenters. The average Bonchev–Trinajstić information content (AvgIpc) is 2.20. The molecule has 1 rings (SSSR count). The Bertz CT molecular complexity index is 383. The lowest BCUT2D eigenvalue weighted by Crippen LogP contribution is -2.04. The Hall–Kier alpha value is -1.84. The minimum absolute atomic E-state index is 0.109. The van der Waals surface area contributed by atoms with Gasteiger partial charge in [-0.3, -0.25) is 0 Å². The van der Waals surface area contributed by atoms with Crippen LogP contribution in [-0.4, -0.2) is 21.7 Å². The molecule has 4 nitrogen and oxygen atoms in total. The number of nitrogens with zero attached hydrogens (tertiary/aromatic N) is 2. The van der Waals surface area contributed by atoms with Gasteiger partial charge in [-0.15, -0.1) is 0 Å². The molecule has 74 valence electrons. The Labute approximate surface area is 82.2 Å². The summed E-state index contributed by atoms with van der Waals surface area (Å²) < 4.78 is 0. The maximum Gasteiger partial charge on any atom is 0.141 e. The van der Waals surface area contributed by atoms with E-state index in [0.717, 1.165) is 0 Å². The molecule has 2 N–H and O–H groups in total. The second-order valence-corrected chi connectivity index (χ2v) is 2.87. The topological polar surface area (TPSA) is 65.2 Å². The van der Waals surface area contributed by atoms with Crippen molar-refractivity contribution < 1.29 is 10.3 Å². The SMILES string of the molecule is CC(=Nc1ccccc1O)/C(C)=N\O. The molecule has 1 aromatic carbocycles. The third-order valence-corrected chi connectivity index (χ3v) is 1.84. The molecular formula is C10H12N2O2. The molecule has 0 atom stereocenters. The van der Waals surface area contributed by atoms with Crippen LogP contribution in [0.2, 0.25) is 0 Å². The fraction of sp³-hybridized carbons (Fsp3) is 0.200. The van der Waals surface area contributed by atoms with Crippen LogP contribution in [0.5, 0.6) is 5.75 Å². The van der Waals surface area contributed by atoms with Crippen LogP contribution in [0, 0.1) is 0 Å². The third kappa shape index (κ3) is 2.32. The molecule has 0 aromatic heterocycles. The van der Waals surface area contributed by atoms with Crippen LogP contribution in [0.4, 0.5) is 5.69 Å². The van der Waals surface area contributed by atoms with Crippen LogP contribution >= 0.6 is 0 Å². The van der Waals surface area contributed by atoms with Crippen LogP contribution in [0.3, 0.4) is 0 Å². The Morgan fingerprint density at radius 3 is 2.36 bits per heavy atom. The molecule has 0 heterocycles. The molecule has 1 aromatic rings. The van der Waals surface area contributed by atoms with Gasteiger partial charge in [0.15, 0.2) is 0 Å². The van der Waals surface area contributed by atoms with Crippen LogP contribution < -0.4 is 0 Å². The normalized spacial score (nSPS) is 13.0. The lowest BCUT2D eigenvalue weighted by Gasteiger charge is -2.00. The predicted molar refractivity (Wildman–Crippen MR) is 55.8 cm³/mol. The van der Waals surface area contributed by atoms with E-state index in [2.05, 4.69) is 10.1 Å². The van der Waals surface area contributed by atoms with Gasteiger partial charge in [-0.25, -0.2) is 4.99 Å². The summed E-state index contributed by atoms with van der Waals surface area (Å²) in [5.41, 5.74) is 1.45. The van der Waals surface area contributed by atoms with E-state index in [9.17, 15) is 5.11 Å². The van der Waals surface area contributed by atoms with Gasteiger partial charge in [-0.05, 0) is 26.0 Å². The van der Waals surface area contributed by atoms with Gasteiger partial charge in [-0.1, -0.05) is 17.3 Å². The zero-order chi connectivity index (χ0) is 10.6. The molecule has 0 saturated heterocycles.